The van der Waals surface area contributed by atoms with E-state index >= 15 is 0 Å². The molecule has 0 bridgehead atoms. The van der Waals surface area contributed by atoms with E-state index in [4.69, 9.17) is 4.98 Å². The van der Waals surface area contributed by atoms with E-state index in [1.165, 1.54) is 0 Å². The van der Waals surface area contributed by atoms with Gasteiger partial charge in [0.25, 0.3) is 5.56 Å². The molecule has 0 radical (unpaired) electrons. The van der Waals surface area contributed by atoms with Gasteiger partial charge in [0.2, 0.25) is 0 Å². The van der Waals surface area contributed by atoms with Gasteiger partial charge in [-0.15, -0.1) is 0 Å². The standard InChI is InChI=1S/C19H23N5O/c1-19(2,3)16-10-17-21-15-7-9-23(11-13-6-4-5-8-20-13)12-14(15)18(25)24(17)22-16/h4-6,8,10,22H,7,9,11-12H2,1-3H3. The van der Waals surface area contributed by atoms with Crippen molar-refractivity contribution in [3.63, 3.8) is 0 Å². The lowest BCUT2D eigenvalue weighted by Gasteiger charge is -2.27. The quantitative estimate of drug-likeness (QED) is 0.779. The van der Waals surface area contributed by atoms with Gasteiger partial charge in [0, 0.05) is 49.4 Å². The zero-order chi connectivity index (χ0) is 17.6. The lowest BCUT2D eigenvalue weighted by molar-refractivity contribution is 0.239. The molecule has 0 aromatic carbocycles. The number of H-pyrrole nitrogens is 1. The predicted octanol–water partition coefficient (Wildman–Crippen LogP) is 2.27. The summed E-state index contributed by atoms with van der Waals surface area (Å²) in [4.78, 5) is 24.3. The van der Waals surface area contributed by atoms with Crippen LogP contribution in [0.25, 0.3) is 5.65 Å². The molecule has 25 heavy (non-hydrogen) atoms. The van der Waals surface area contributed by atoms with Gasteiger partial charge in [0.15, 0.2) is 5.65 Å². The first kappa shape index (κ1) is 16.0. The Morgan fingerprint density at radius 1 is 1.28 bits per heavy atom. The number of rotatable bonds is 2. The van der Waals surface area contributed by atoms with E-state index in [0.717, 1.165) is 42.2 Å². The minimum absolute atomic E-state index is 0.0150. The van der Waals surface area contributed by atoms with Crippen molar-refractivity contribution in [2.24, 2.45) is 0 Å². The van der Waals surface area contributed by atoms with E-state index in [2.05, 4.69) is 35.8 Å². The molecule has 0 aliphatic carbocycles. The number of hydrogen-bond donors (Lipinski definition) is 1. The van der Waals surface area contributed by atoms with Gasteiger partial charge in [0.05, 0.1) is 17.0 Å². The molecule has 0 saturated heterocycles. The highest BCUT2D eigenvalue weighted by molar-refractivity contribution is 5.43. The van der Waals surface area contributed by atoms with Gasteiger partial charge in [-0.05, 0) is 12.1 Å². The summed E-state index contributed by atoms with van der Waals surface area (Å²) in [5.74, 6) is 0. The number of aromatic amines is 1. The predicted molar refractivity (Wildman–Crippen MR) is 96.6 cm³/mol. The molecule has 0 atom stereocenters. The average Bonchev–Trinajstić information content (AvgIpc) is 3.01. The third-order valence-corrected chi connectivity index (χ3v) is 4.76. The second kappa shape index (κ2) is 5.81. The van der Waals surface area contributed by atoms with Crippen LogP contribution in [0, 0.1) is 0 Å². The van der Waals surface area contributed by atoms with Crippen LogP contribution in [0.3, 0.4) is 0 Å². The van der Waals surface area contributed by atoms with Crippen LogP contribution in [-0.4, -0.2) is 31.0 Å². The van der Waals surface area contributed by atoms with Crippen molar-refractivity contribution in [1.82, 2.24) is 24.5 Å². The van der Waals surface area contributed by atoms with Crippen molar-refractivity contribution in [3.8, 4) is 0 Å². The summed E-state index contributed by atoms with van der Waals surface area (Å²) < 4.78 is 1.59. The normalized spacial score (nSPS) is 15.5. The van der Waals surface area contributed by atoms with Crippen LogP contribution in [-0.2, 0) is 24.9 Å². The Kier molecular flexibility index (Phi) is 3.72. The maximum atomic E-state index is 13.0. The van der Waals surface area contributed by atoms with Crippen LogP contribution in [0.5, 0.6) is 0 Å². The van der Waals surface area contributed by atoms with E-state index < -0.39 is 0 Å². The van der Waals surface area contributed by atoms with Crippen molar-refractivity contribution >= 4 is 5.65 Å². The van der Waals surface area contributed by atoms with Gasteiger partial charge in [-0.25, -0.2) is 9.50 Å². The molecular formula is C19H23N5O. The smallest absolute Gasteiger partial charge is 0.277 e. The first-order valence-corrected chi connectivity index (χ1v) is 8.68. The maximum Gasteiger partial charge on any atom is 0.277 e. The lowest BCUT2D eigenvalue weighted by atomic mass is 9.93. The summed E-state index contributed by atoms with van der Waals surface area (Å²) in [6.45, 7) is 8.62. The Morgan fingerprint density at radius 3 is 2.84 bits per heavy atom. The van der Waals surface area contributed by atoms with E-state index in [-0.39, 0.29) is 11.0 Å². The first-order chi connectivity index (χ1) is 11.9. The summed E-state index contributed by atoms with van der Waals surface area (Å²) >= 11 is 0. The SMILES string of the molecule is CC(C)(C)c1cc2nc3c(c(=O)n2[nH]1)CN(Cc1ccccn1)CC3. The van der Waals surface area contributed by atoms with Crippen LogP contribution in [0.1, 0.15) is 43.4 Å². The third-order valence-electron chi connectivity index (χ3n) is 4.76. The topological polar surface area (TPSA) is 66.3 Å². The lowest BCUT2D eigenvalue weighted by Crippen LogP contribution is -2.36. The molecule has 1 N–H and O–H groups in total. The van der Waals surface area contributed by atoms with Crippen molar-refractivity contribution in [2.75, 3.05) is 6.54 Å². The van der Waals surface area contributed by atoms with E-state index in [1.54, 1.807) is 10.7 Å². The maximum absolute atomic E-state index is 13.0. The van der Waals surface area contributed by atoms with Gasteiger partial charge in [-0.1, -0.05) is 26.8 Å². The van der Waals surface area contributed by atoms with Crippen LogP contribution < -0.4 is 5.56 Å². The second-order valence-corrected chi connectivity index (χ2v) is 7.74. The van der Waals surface area contributed by atoms with Crippen molar-refractivity contribution in [1.29, 1.82) is 0 Å². The van der Waals surface area contributed by atoms with Crippen LogP contribution in [0.15, 0.2) is 35.3 Å². The summed E-state index contributed by atoms with van der Waals surface area (Å²) in [5, 5.41) is 3.23. The highest BCUT2D eigenvalue weighted by atomic mass is 16.1. The molecule has 0 saturated carbocycles. The van der Waals surface area contributed by atoms with Gasteiger partial charge in [-0.2, -0.15) is 0 Å². The monoisotopic (exact) mass is 337 g/mol. The number of hydrogen-bond acceptors (Lipinski definition) is 4. The number of aromatic nitrogens is 4. The van der Waals surface area contributed by atoms with E-state index in [9.17, 15) is 4.79 Å². The molecule has 6 nitrogen and oxygen atoms in total. The minimum Gasteiger partial charge on any atom is -0.293 e. The molecule has 4 rings (SSSR count). The fourth-order valence-corrected chi connectivity index (χ4v) is 3.28. The van der Waals surface area contributed by atoms with Crippen molar-refractivity contribution in [3.05, 3.63) is 63.5 Å². The summed E-state index contributed by atoms with van der Waals surface area (Å²) in [6, 6.07) is 7.92. The molecule has 4 heterocycles. The molecule has 1 aliphatic heterocycles. The minimum atomic E-state index is -0.0499. The third kappa shape index (κ3) is 2.98. The number of pyridine rings is 1. The van der Waals surface area contributed by atoms with Crippen LogP contribution in [0.2, 0.25) is 0 Å². The summed E-state index contributed by atoms with van der Waals surface area (Å²) in [5.41, 5.74) is 4.45. The van der Waals surface area contributed by atoms with Crippen LogP contribution in [0.4, 0.5) is 0 Å². The Hall–Kier alpha value is -2.47. The number of nitrogens with zero attached hydrogens (tertiary/aromatic N) is 4. The highest BCUT2D eigenvalue weighted by Crippen LogP contribution is 2.22. The van der Waals surface area contributed by atoms with Crippen molar-refractivity contribution in [2.45, 2.75) is 45.7 Å². The molecule has 0 fully saturated rings. The second-order valence-electron chi connectivity index (χ2n) is 7.74. The molecule has 3 aromatic heterocycles. The summed E-state index contributed by atoms with van der Waals surface area (Å²) in [6.07, 6.45) is 2.60. The van der Waals surface area contributed by atoms with Crippen LogP contribution >= 0.6 is 0 Å². The van der Waals surface area contributed by atoms with Gasteiger partial charge in [-0.3, -0.25) is 19.8 Å². The highest BCUT2D eigenvalue weighted by Gasteiger charge is 2.24. The number of nitrogens with one attached hydrogen (secondary N) is 1. The molecule has 130 valence electrons. The fraction of sp³-hybridized carbons (Fsp3) is 0.421. The average molecular weight is 337 g/mol. The van der Waals surface area contributed by atoms with E-state index in [0.29, 0.717) is 12.2 Å². The van der Waals surface area contributed by atoms with Gasteiger partial charge in [0.1, 0.15) is 0 Å². The molecule has 6 heteroatoms. The Morgan fingerprint density at radius 2 is 2.12 bits per heavy atom. The zero-order valence-corrected chi connectivity index (χ0v) is 14.9. The molecule has 0 unspecified atom stereocenters. The fourth-order valence-electron chi connectivity index (χ4n) is 3.28. The van der Waals surface area contributed by atoms with E-state index in [1.807, 2.05) is 24.3 Å². The number of fused-ring (bicyclic) bond motifs is 2. The van der Waals surface area contributed by atoms with Gasteiger partial charge < -0.3 is 0 Å². The molecule has 0 spiro atoms. The Bertz CT molecular complexity index is 965. The molecule has 0 amide bonds. The summed E-state index contributed by atoms with van der Waals surface area (Å²) in [7, 11) is 0. The molecule has 1 aliphatic rings. The van der Waals surface area contributed by atoms with Crippen molar-refractivity contribution < 1.29 is 0 Å². The zero-order valence-electron chi connectivity index (χ0n) is 14.9. The molecular weight excluding hydrogens is 314 g/mol. The molecule has 3 aromatic rings. The first-order valence-electron chi connectivity index (χ1n) is 8.68. The Labute approximate surface area is 146 Å². The largest absolute Gasteiger partial charge is 0.293 e. The Balaban J connectivity index is 1.69. The van der Waals surface area contributed by atoms with Gasteiger partial charge >= 0.3 is 0 Å².